The van der Waals surface area contributed by atoms with Gasteiger partial charge in [0.05, 0.1) is 24.2 Å². The largest absolute Gasteiger partial charge is 0.485 e. The van der Waals surface area contributed by atoms with Gasteiger partial charge in [-0.1, -0.05) is 11.6 Å². The molecule has 1 aliphatic rings. The third-order valence-corrected chi connectivity index (χ3v) is 3.26. The molecule has 16 heavy (non-hydrogen) atoms. The summed E-state index contributed by atoms with van der Waals surface area (Å²) in [7, 11) is 2.00. The summed E-state index contributed by atoms with van der Waals surface area (Å²) in [5, 5.41) is 9.40. The van der Waals surface area contributed by atoms with Crippen LogP contribution in [0.4, 0.5) is 5.69 Å². The van der Waals surface area contributed by atoms with Gasteiger partial charge in [-0.2, -0.15) is 5.26 Å². The van der Waals surface area contributed by atoms with E-state index in [2.05, 4.69) is 17.9 Å². The second-order valence-electron chi connectivity index (χ2n) is 3.98. The molecule has 2 unspecified atom stereocenters. The Labute approximate surface area is 100 Å². The van der Waals surface area contributed by atoms with Gasteiger partial charge in [-0.25, -0.2) is 0 Å². The molecule has 0 radical (unpaired) electrons. The fourth-order valence-corrected chi connectivity index (χ4v) is 2.07. The van der Waals surface area contributed by atoms with Gasteiger partial charge in [0.15, 0.2) is 0 Å². The highest BCUT2D eigenvalue weighted by molar-refractivity contribution is 6.30. The predicted molar refractivity (Wildman–Crippen MR) is 64.0 cm³/mol. The van der Waals surface area contributed by atoms with Crippen molar-refractivity contribution in [2.24, 2.45) is 0 Å². The monoisotopic (exact) mass is 236 g/mol. The van der Waals surface area contributed by atoms with Gasteiger partial charge in [-0.3, -0.25) is 0 Å². The first-order valence-electron chi connectivity index (χ1n) is 5.19. The van der Waals surface area contributed by atoms with Crippen molar-refractivity contribution in [2.75, 3.05) is 11.9 Å². The van der Waals surface area contributed by atoms with Crippen molar-refractivity contribution in [1.82, 2.24) is 0 Å². The van der Waals surface area contributed by atoms with Gasteiger partial charge in [0.25, 0.3) is 0 Å². The summed E-state index contributed by atoms with van der Waals surface area (Å²) in [6, 6.07) is 7.92. The van der Waals surface area contributed by atoms with Crippen LogP contribution in [0.5, 0.6) is 5.75 Å². The molecule has 2 rings (SSSR count). The van der Waals surface area contributed by atoms with Crippen molar-refractivity contribution in [3.63, 3.8) is 0 Å². The Kier molecular flexibility index (Phi) is 2.93. The van der Waals surface area contributed by atoms with E-state index in [1.807, 2.05) is 19.2 Å². The molecule has 0 aromatic heterocycles. The maximum absolute atomic E-state index is 8.75. The molecule has 0 N–H and O–H groups in total. The summed E-state index contributed by atoms with van der Waals surface area (Å²) >= 11 is 5.92. The van der Waals surface area contributed by atoms with E-state index in [1.54, 1.807) is 6.07 Å². The number of halogens is 1. The molecular formula is C12H13ClN2O. The highest BCUT2D eigenvalue weighted by atomic mass is 35.5. The number of benzene rings is 1. The first-order chi connectivity index (χ1) is 7.63. The van der Waals surface area contributed by atoms with Gasteiger partial charge >= 0.3 is 0 Å². The number of likely N-dealkylation sites (N-methyl/N-ethyl adjacent to an activating group) is 1. The van der Waals surface area contributed by atoms with Crippen LogP contribution in [0.25, 0.3) is 0 Å². The highest BCUT2D eigenvalue weighted by Gasteiger charge is 2.30. The van der Waals surface area contributed by atoms with Gasteiger partial charge in [0, 0.05) is 18.1 Å². The van der Waals surface area contributed by atoms with Crippen molar-refractivity contribution in [2.45, 2.75) is 25.5 Å². The normalized spacial score (nSPS) is 23.2. The summed E-state index contributed by atoms with van der Waals surface area (Å²) in [4.78, 5) is 2.12. The van der Waals surface area contributed by atoms with Crippen molar-refractivity contribution >= 4 is 17.3 Å². The average Bonchev–Trinajstić information content (AvgIpc) is 2.25. The van der Waals surface area contributed by atoms with E-state index in [4.69, 9.17) is 21.6 Å². The molecule has 1 aromatic rings. The Balaban J connectivity index is 2.37. The van der Waals surface area contributed by atoms with E-state index in [9.17, 15) is 0 Å². The van der Waals surface area contributed by atoms with E-state index < -0.39 is 0 Å². The molecule has 4 heteroatoms. The topological polar surface area (TPSA) is 36.3 Å². The van der Waals surface area contributed by atoms with Crippen LogP contribution in [0.1, 0.15) is 13.3 Å². The standard InChI is InChI=1S/C12H13ClN2O/c1-8-11(5-6-14)16-12-7-9(13)3-4-10(12)15(8)2/h3-4,7-8,11H,5H2,1-2H3. The van der Waals surface area contributed by atoms with Crippen LogP contribution in [0.2, 0.25) is 5.02 Å². The molecule has 0 aliphatic carbocycles. The van der Waals surface area contributed by atoms with Gasteiger partial charge in [-0.05, 0) is 19.1 Å². The number of anilines is 1. The molecule has 0 amide bonds. The average molecular weight is 237 g/mol. The quantitative estimate of drug-likeness (QED) is 0.752. The smallest absolute Gasteiger partial charge is 0.144 e. The fraction of sp³-hybridized carbons (Fsp3) is 0.417. The Bertz CT molecular complexity index is 441. The molecule has 84 valence electrons. The molecule has 3 nitrogen and oxygen atoms in total. The van der Waals surface area contributed by atoms with Crippen LogP contribution in [-0.2, 0) is 0 Å². The molecule has 0 saturated heterocycles. The molecule has 0 bridgehead atoms. The molecule has 0 spiro atoms. The SMILES string of the molecule is CC1C(CC#N)Oc2cc(Cl)ccc2N1C. The van der Waals surface area contributed by atoms with Crippen LogP contribution >= 0.6 is 11.6 Å². The van der Waals surface area contributed by atoms with Crippen molar-refractivity contribution in [3.05, 3.63) is 23.2 Å². The van der Waals surface area contributed by atoms with Gasteiger partial charge in [0.1, 0.15) is 11.9 Å². The zero-order valence-corrected chi connectivity index (χ0v) is 10.0. The minimum atomic E-state index is -0.0963. The number of nitriles is 1. The van der Waals surface area contributed by atoms with Crippen molar-refractivity contribution in [1.29, 1.82) is 5.26 Å². The lowest BCUT2D eigenvalue weighted by atomic mass is 10.1. The zero-order chi connectivity index (χ0) is 11.7. The maximum Gasteiger partial charge on any atom is 0.144 e. The lowest BCUT2D eigenvalue weighted by Gasteiger charge is -2.39. The number of rotatable bonds is 1. The number of ether oxygens (including phenoxy) is 1. The van der Waals surface area contributed by atoms with Crippen LogP contribution in [0.15, 0.2) is 18.2 Å². The van der Waals surface area contributed by atoms with Crippen molar-refractivity contribution in [3.8, 4) is 11.8 Å². The number of nitrogens with zero attached hydrogens (tertiary/aromatic N) is 2. The first kappa shape index (κ1) is 11.1. The van der Waals surface area contributed by atoms with Crippen LogP contribution in [0.3, 0.4) is 0 Å². The van der Waals surface area contributed by atoms with E-state index >= 15 is 0 Å². The fourth-order valence-electron chi connectivity index (χ4n) is 1.91. The number of fused-ring (bicyclic) bond motifs is 1. The van der Waals surface area contributed by atoms with E-state index in [0.29, 0.717) is 11.4 Å². The second kappa shape index (κ2) is 4.23. The summed E-state index contributed by atoms with van der Waals surface area (Å²) in [6.45, 7) is 2.06. The van der Waals surface area contributed by atoms with Gasteiger partial charge in [0.2, 0.25) is 0 Å². The molecule has 1 aromatic carbocycles. The van der Waals surface area contributed by atoms with Crippen LogP contribution in [-0.4, -0.2) is 19.2 Å². The zero-order valence-electron chi connectivity index (χ0n) is 9.27. The van der Waals surface area contributed by atoms with E-state index in [-0.39, 0.29) is 12.1 Å². The molecule has 1 aliphatic heterocycles. The second-order valence-corrected chi connectivity index (χ2v) is 4.42. The Morgan fingerprint density at radius 3 is 3.00 bits per heavy atom. The number of hydrogen-bond acceptors (Lipinski definition) is 3. The molecule has 0 fully saturated rings. The van der Waals surface area contributed by atoms with Crippen LogP contribution < -0.4 is 9.64 Å². The van der Waals surface area contributed by atoms with Crippen molar-refractivity contribution < 1.29 is 4.74 Å². The lowest BCUT2D eigenvalue weighted by Crippen LogP contribution is -2.45. The van der Waals surface area contributed by atoms with Crippen LogP contribution in [0, 0.1) is 11.3 Å². The van der Waals surface area contributed by atoms with E-state index in [0.717, 1.165) is 11.4 Å². The Hall–Kier alpha value is -1.40. The molecular weight excluding hydrogens is 224 g/mol. The summed E-state index contributed by atoms with van der Waals surface area (Å²) < 4.78 is 5.79. The van der Waals surface area contributed by atoms with Gasteiger partial charge in [-0.15, -0.1) is 0 Å². The maximum atomic E-state index is 8.75. The summed E-state index contributed by atoms with van der Waals surface area (Å²) in [6.07, 6.45) is 0.290. The summed E-state index contributed by atoms with van der Waals surface area (Å²) in [5.41, 5.74) is 1.02. The minimum Gasteiger partial charge on any atom is -0.485 e. The third-order valence-electron chi connectivity index (χ3n) is 3.02. The molecule has 1 heterocycles. The Morgan fingerprint density at radius 2 is 2.31 bits per heavy atom. The van der Waals surface area contributed by atoms with E-state index in [1.165, 1.54) is 0 Å². The Morgan fingerprint density at radius 1 is 1.56 bits per heavy atom. The third kappa shape index (κ3) is 1.81. The molecule has 0 saturated carbocycles. The number of hydrogen-bond donors (Lipinski definition) is 0. The lowest BCUT2D eigenvalue weighted by molar-refractivity contribution is 0.165. The summed E-state index contributed by atoms with van der Waals surface area (Å²) in [5.74, 6) is 0.758. The molecule has 2 atom stereocenters. The first-order valence-corrected chi connectivity index (χ1v) is 5.57. The highest BCUT2D eigenvalue weighted by Crippen LogP contribution is 2.37. The van der Waals surface area contributed by atoms with Gasteiger partial charge < -0.3 is 9.64 Å². The predicted octanol–water partition coefficient (Wildman–Crippen LogP) is 2.84. The minimum absolute atomic E-state index is 0.0963.